The van der Waals surface area contributed by atoms with Gasteiger partial charge in [-0.2, -0.15) is 0 Å². The fraction of sp³-hybridized carbons (Fsp3) is 0.375. The molecule has 0 aromatic heterocycles. The van der Waals surface area contributed by atoms with Crippen LogP contribution in [-0.2, 0) is 9.59 Å². The summed E-state index contributed by atoms with van der Waals surface area (Å²) in [4.78, 5) is 27.4. The normalized spacial score (nSPS) is 14.5. The van der Waals surface area contributed by atoms with E-state index >= 15 is 4.39 Å². The lowest BCUT2D eigenvalue weighted by atomic mass is 9.88. The molecule has 1 saturated heterocycles. The summed E-state index contributed by atoms with van der Waals surface area (Å²) < 4.78 is 44.1. The van der Waals surface area contributed by atoms with Gasteiger partial charge in [0.2, 0.25) is 11.8 Å². The molecule has 212 valence electrons. The average molecular weight is 552 g/mol. The molecule has 5 nitrogen and oxygen atoms in total. The number of piperidine rings is 1. The number of carbonyl (C=O) groups is 2. The predicted molar refractivity (Wildman–Crippen MR) is 151 cm³/mol. The Kier molecular flexibility index (Phi) is 9.98. The van der Waals surface area contributed by atoms with Crippen molar-refractivity contribution in [3.8, 4) is 0 Å². The molecular formula is C32H36F3N3O2. The molecule has 0 saturated carbocycles. The second kappa shape index (κ2) is 13.6. The van der Waals surface area contributed by atoms with Gasteiger partial charge in [0.25, 0.3) is 0 Å². The van der Waals surface area contributed by atoms with Gasteiger partial charge in [0, 0.05) is 24.1 Å². The monoisotopic (exact) mass is 551 g/mol. The lowest BCUT2D eigenvalue weighted by molar-refractivity contribution is -0.121. The molecule has 0 radical (unpaired) electrons. The van der Waals surface area contributed by atoms with Crippen LogP contribution >= 0.6 is 0 Å². The minimum Gasteiger partial charge on any atom is -0.355 e. The van der Waals surface area contributed by atoms with E-state index in [1.165, 1.54) is 0 Å². The maximum atomic E-state index is 15.2. The summed E-state index contributed by atoms with van der Waals surface area (Å²) >= 11 is 0. The van der Waals surface area contributed by atoms with Crippen LogP contribution in [0.15, 0.2) is 66.7 Å². The first-order valence-corrected chi connectivity index (χ1v) is 13.8. The van der Waals surface area contributed by atoms with Gasteiger partial charge in [-0.3, -0.25) is 9.59 Å². The van der Waals surface area contributed by atoms with Crippen LogP contribution in [0.3, 0.4) is 0 Å². The zero-order valence-corrected chi connectivity index (χ0v) is 22.9. The van der Waals surface area contributed by atoms with Crippen molar-refractivity contribution in [3.63, 3.8) is 0 Å². The molecule has 0 spiro atoms. The van der Waals surface area contributed by atoms with Crippen molar-refractivity contribution in [2.24, 2.45) is 5.92 Å². The van der Waals surface area contributed by atoms with Crippen LogP contribution in [0.5, 0.6) is 0 Å². The second-order valence-electron chi connectivity index (χ2n) is 10.6. The van der Waals surface area contributed by atoms with E-state index in [-0.39, 0.29) is 11.5 Å². The van der Waals surface area contributed by atoms with Gasteiger partial charge in [0.1, 0.15) is 11.5 Å². The SMILES string of the molecule is CC(C)C(=O)Nc1c(F)cc(F)c(C2CCN(CCCNC(=O)C(c3ccccc3)c3ccccc3)CC2)c1F. The standard InChI is InChI=1S/C32H36F3N3O2/c1-21(2)31(39)37-30-26(34)20-25(33)28(29(30)35)24-14-18-38(19-15-24)17-9-16-36-32(40)27(22-10-5-3-6-11-22)23-12-7-4-8-13-23/h3-8,10-13,20-21,24,27H,9,14-19H2,1-2H3,(H,36,40)(H,37,39). The Morgan fingerprint density at radius 2 is 1.45 bits per heavy atom. The molecule has 3 aromatic rings. The van der Waals surface area contributed by atoms with E-state index in [0.29, 0.717) is 38.5 Å². The molecule has 0 bridgehead atoms. The van der Waals surface area contributed by atoms with E-state index in [2.05, 4.69) is 15.5 Å². The van der Waals surface area contributed by atoms with E-state index in [9.17, 15) is 18.4 Å². The van der Waals surface area contributed by atoms with Crippen molar-refractivity contribution >= 4 is 17.5 Å². The summed E-state index contributed by atoms with van der Waals surface area (Å²) in [5.74, 6) is -4.94. The highest BCUT2D eigenvalue weighted by molar-refractivity contribution is 5.92. The van der Waals surface area contributed by atoms with Gasteiger partial charge in [0.15, 0.2) is 11.6 Å². The van der Waals surface area contributed by atoms with Crippen LogP contribution in [0.1, 0.15) is 61.6 Å². The smallest absolute Gasteiger partial charge is 0.232 e. The number of nitrogens with zero attached hydrogens (tertiary/aromatic N) is 1. The molecule has 3 aromatic carbocycles. The summed E-state index contributed by atoms with van der Waals surface area (Å²) in [5.41, 5.74) is 1.11. The molecule has 0 aliphatic carbocycles. The van der Waals surface area contributed by atoms with Crippen molar-refractivity contribution in [1.29, 1.82) is 0 Å². The van der Waals surface area contributed by atoms with Crippen molar-refractivity contribution in [2.75, 3.05) is 31.5 Å². The van der Waals surface area contributed by atoms with Crippen molar-refractivity contribution < 1.29 is 22.8 Å². The Labute approximate surface area is 233 Å². The number of hydrogen-bond donors (Lipinski definition) is 2. The minimum atomic E-state index is -1.12. The third kappa shape index (κ3) is 7.10. The molecule has 8 heteroatoms. The lowest BCUT2D eigenvalue weighted by Crippen LogP contribution is -2.37. The summed E-state index contributed by atoms with van der Waals surface area (Å²) in [6.07, 6.45) is 1.75. The Hall–Kier alpha value is -3.65. The molecule has 1 aliphatic heterocycles. The largest absolute Gasteiger partial charge is 0.355 e. The van der Waals surface area contributed by atoms with Crippen molar-refractivity contribution in [2.45, 2.75) is 44.9 Å². The van der Waals surface area contributed by atoms with Gasteiger partial charge in [-0.1, -0.05) is 74.5 Å². The van der Waals surface area contributed by atoms with Crippen LogP contribution in [0.4, 0.5) is 18.9 Å². The second-order valence-corrected chi connectivity index (χ2v) is 10.6. The molecule has 2 amide bonds. The van der Waals surface area contributed by atoms with E-state index < -0.39 is 46.8 Å². The van der Waals surface area contributed by atoms with E-state index in [0.717, 1.165) is 24.1 Å². The third-order valence-electron chi connectivity index (χ3n) is 7.45. The minimum absolute atomic E-state index is 0.0567. The van der Waals surface area contributed by atoms with Crippen LogP contribution in [0.2, 0.25) is 0 Å². The Bertz CT molecular complexity index is 1250. The number of nitrogens with one attached hydrogen (secondary N) is 2. The maximum Gasteiger partial charge on any atom is 0.232 e. The molecular weight excluding hydrogens is 515 g/mol. The number of hydrogen-bond acceptors (Lipinski definition) is 3. The molecule has 40 heavy (non-hydrogen) atoms. The van der Waals surface area contributed by atoms with E-state index in [1.54, 1.807) is 13.8 Å². The van der Waals surface area contributed by atoms with Gasteiger partial charge in [-0.05, 0) is 55.9 Å². The fourth-order valence-electron chi connectivity index (χ4n) is 5.21. The maximum absolute atomic E-state index is 15.2. The number of likely N-dealkylation sites (tertiary alicyclic amines) is 1. The van der Waals surface area contributed by atoms with E-state index in [4.69, 9.17) is 0 Å². The first-order chi connectivity index (χ1) is 19.3. The number of carbonyl (C=O) groups excluding carboxylic acids is 2. The van der Waals surface area contributed by atoms with Crippen LogP contribution in [0.25, 0.3) is 0 Å². The number of halogens is 3. The van der Waals surface area contributed by atoms with Gasteiger partial charge < -0.3 is 15.5 Å². The van der Waals surface area contributed by atoms with Gasteiger partial charge in [-0.25, -0.2) is 13.2 Å². The molecule has 0 atom stereocenters. The molecule has 1 aliphatic rings. The zero-order valence-electron chi connectivity index (χ0n) is 22.9. The summed E-state index contributed by atoms with van der Waals surface area (Å²) in [7, 11) is 0. The number of rotatable bonds is 10. The van der Waals surface area contributed by atoms with Gasteiger partial charge in [-0.15, -0.1) is 0 Å². The topological polar surface area (TPSA) is 61.4 Å². The summed E-state index contributed by atoms with van der Waals surface area (Å²) in [5, 5.41) is 5.33. The van der Waals surface area contributed by atoms with E-state index in [1.807, 2.05) is 60.7 Å². The molecule has 0 unspecified atom stereocenters. The van der Waals surface area contributed by atoms with Gasteiger partial charge in [0.05, 0.1) is 5.92 Å². The molecule has 4 rings (SSSR count). The van der Waals surface area contributed by atoms with Crippen molar-refractivity contribution in [3.05, 3.63) is 101 Å². The third-order valence-corrected chi connectivity index (χ3v) is 7.45. The Balaban J connectivity index is 1.30. The summed E-state index contributed by atoms with van der Waals surface area (Å²) in [6.45, 7) is 5.72. The van der Waals surface area contributed by atoms with Crippen LogP contribution < -0.4 is 10.6 Å². The highest BCUT2D eigenvalue weighted by Crippen LogP contribution is 2.36. The quantitative estimate of drug-likeness (QED) is 0.294. The molecule has 1 heterocycles. The highest BCUT2D eigenvalue weighted by Gasteiger charge is 2.29. The average Bonchev–Trinajstić information content (AvgIpc) is 2.95. The zero-order chi connectivity index (χ0) is 28.6. The first-order valence-electron chi connectivity index (χ1n) is 13.8. The summed E-state index contributed by atoms with van der Waals surface area (Å²) in [6, 6.07) is 20.0. The Morgan fingerprint density at radius 3 is 2.00 bits per heavy atom. The van der Waals surface area contributed by atoms with Crippen molar-refractivity contribution in [1.82, 2.24) is 10.2 Å². The van der Waals surface area contributed by atoms with Crippen LogP contribution in [-0.4, -0.2) is 42.9 Å². The number of anilines is 1. The molecule has 2 N–H and O–H groups in total. The number of amides is 2. The number of benzene rings is 3. The van der Waals surface area contributed by atoms with Gasteiger partial charge >= 0.3 is 0 Å². The first kappa shape index (κ1) is 29.3. The lowest BCUT2D eigenvalue weighted by Gasteiger charge is -2.32. The predicted octanol–water partition coefficient (Wildman–Crippen LogP) is 6.22. The molecule has 1 fully saturated rings. The van der Waals surface area contributed by atoms with Crippen LogP contribution in [0, 0.1) is 23.4 Å². The highest BCUT2D eigenvalue weighted by atomic mass is 19.1. The Morgan fingerprint density at radius 1 is 0.875 bits per heavy atom. The fourth-order valence-corrected chi connectivity index (χ4v) is 5.21.